The number of pyridine rings is 1. The molecule has 0 radical (unpaired) electrons. The first-order chi connectivity index (χ1) is 14.0. The number of hydrogen-bond donors (Lipinski definition) is 5. The molecule has 0 aliphatic heterocycles. The van der Waals surface area contributed by atoms with Gasteiger partial charge >= 0.3 is 0 Å². The predicted molar refractivity (Wildman–Crippen MR) is 116 cm³/mol. The van der Waals surface area contributed by atoms with Crippen molar-refractivity contribution in [3.63, 3.8) is 0 Å². The summed E-state index contributed by atoms with van der Waals surface area (Å²) < 4.78 is 0. The van der Waals surface area contributed by atoms with Crippen molar-refractivity contribution in [1.82, 2.24) is 15.6 Å². The van der Waals surface area contributed by atoms with Crippen molar-refractivity contribution < 1.29 is 4.79 Å². The van der Waals surface area contributed by atoms with Crippen LogP contribution < -0.4 is 21.5 Å². The van der Waals surface area contributed by atoms with Crippen molar-refractivity contribution in [3.8, 4) is 0 Å². The fourth-order valence-corrected chi connectivity index (χ4v) is 3.93. The maximum atomic E-state index is 12.9. The van der Waals surface area contributed by atoms with Gasteiger partial charge in [0.1, 0.15) is 0 Å². The highest BCUT2D eigenvalue weighted by Crippen LogP contribution is 2.25. The summed E-state index contributed by atoms with van der Waals surface area (Å²) in [5.41, 5.74) is 3.80. The molecule has 1 aromatic heterocycles. The van der Waals surface area contributed by atoms with Crippen LogP contribution in [-0.2, 0) is 13.1 Å². The van der Waals surface area contributed by atoms with Crippen LogP contribution in [0.5, 0.6) is 0 Å². The van der Waals surface area contributed by atoms with Crippen molar-refractivity contribution in [2.75, 3.05) is 12.4 Å². The summed E-state index contributed by atoms with van der Waals surface area (Å²) in [7, 11) is 1.82. The van der Waals surface area contributed by atoms with Crippen LogP contribution >= 0.6 is 0 Å². The number of aromatic nitrogens is 1. The van der Waals surface area contributed by atoms with E-state index >= 15 is 0 Å². The van der Waals surface area contributed by atoms with Crippen LogP contribution in [0.2, 0.25) is 0 Å². The Morgan fingerprint density at radius 2 is 2.03 bits per heavy atom. The van der Waals surface area contributed by atoms with E-state index in [0.717, 1.165) is 29.8 Å². The van der Waals surface area contributed by atoms with E-state index in [1.54, 1.807) is 6.07 Å². The van der Waals surface area contributed by atoms with Gasteiger partial charge in [-0.1, -0.05) is 18.9 Å². The molecule has 3 rings (SSSR count). The maximum Gasteiger partial charge on any atom is 0.253 e. The van der Waals surface area contributed by atoms with Gasteiger partial charge in [-0.2, -0.15) is 0 Å². The minimum absolute atomic E-state index is 0.128. The zero-order valence-corrected chi connectivity index (χ0v) is 17.0. The zero-order valence-electron chi connectivity index (χ0n) is 17.0. The molecule has 7 nitrogen and oxygen atoms in total. The molecule has 154 valence electrons. The number of benzene rings is 1. The molecule has 1 fully saturated rings. The second-order valence-electron chi connectivity index (χ2n) is 7.54. The molecule has 1 aromatic carbocycles. The third-order valence-electron chi connectivity index (χ3n) is 5.37. The van der Waals surface area contributed by atoms with Crippen molar-refractivity contribution >= 4 is 17.8 Å². The fourth-order valence-electron chi connectivity index (χ4n) is 3.93. The molecular formula is C22H29N5O2. The number of aryl methyl sites for hydroxylation is 1. The number of aromatic amines is 1. The average molecular weight is 396 g/mol. The maximum absolute atomic E-state index is 12.9. The normalized spacial score (nSPS) is 14.0. The molecule has 1 heterocycles. The van der Waals surface area contributed by atoms with Crippen LogP contribution in [0.15, 0.2) is 29.1 Å². The lowest BCUT2D eigenvalue weighted by atomic mass is 10.0. The van der Waals surface area contributed by atoms with Gasteiger partial charge in [0, 0.05) is 47.9 Å². The van der Waals surface area contributed by atoms with Gasteiger partial charge in [0.25, 0.3) is 11.5 Å². The van der Waals surface area contributed by atoms with Gasteiger partial charge < -0.3 is 26.3 Å². The summed E-state index contributed by atoms with van der Waals surface area (Å²) in [5, 5.41) is 17.2. The van der Waals surface area contributed by atoms with E-state index in [1.807, 2.05) is 32.2 Å². The van der Waals surface area contributed by atoms with Crippen molar-refractivity contribution in [2.24, 2.45) is 0 Å². The number of anilines is 1. The van der Waals surface area contributed by atoms with Crippen molar-refractivity contribution in [1.29, 1.82) is 5.41 Å². The largest absolute Gasteiger partial charge is 0.382 e. The molecule has 1 amide bonds. The van der Waals surface area contributed by atoms with E-state index in [1.165, 1.54) is 19.1 Å². The van der Waals surface area contributed by atoms with Crippen molar-refractivity contribution in [2.45, 2.75) is 51.7 Å². The topological polar surface area (TPSA) is 110 Å². The van der Waals surface area contributed by atoms with Gasteiger partial charge in [-0.05, 0) is 50.6 Å². The van der Waals surface area contributed by atoms with E-state index in [-0.39, 0.29) is 18.0 Å². The number of H-pyrrole nitrogens is 1. The first kappa shape index (κ1) is 20.8. The van der Waals surface area contributed by atoms with Gasteiger partial charge in [0.05, 0.1) is 5.56 Å². The van der Waals surface area contributed by atoms with E-state index < -0.39 is 0 Å². The molecule has 7 heteroatoms. The Bertz CT molecular complexity index is 945. The highest BCUT2D eigenvalue weighted by atomic mass is 16.1. The van der Waals surface area contributed by atoms with Crippen LogP contribution in [-0.4, -0.2) is 30.2 Å². The lowest BCUT2D eigenvalue weighted by molar-refractivity contribution is 0.0950. The summed E-state index contributed by atoms with van der Waals surface area (Å²) in [6.45, 7) is 2.51. The first-order valence-corrected chi connectivity index (χ1v) is 10.1. The molecule has 0 saturated heterocycles. The van der Waals surface area contributed by atoms with Gasteiger partial charge in [-0.15, -0.1) is 0 Å². The average Bonchev–Trinajstić information content (AvgIpc) is 3.20. The SMILES string of the molecule is CNCc1cc(C)[nH]c(=O)c1CNC(=O)c1cccc(NC2CCCC2)c1C=N. The molecule has 0 bridgehead atoms. The lowest BCUT2D eigenvalue weighted by Crippen LogP contribution is -2.30. The fraction of sp³-hybridized carbons (Fsp3) is 0.409. The summed E-state index contributed by atoms with van der Waals surface area (Å²) >= 11 is 0. The van der Waals surface area contributed by atoms with Gasteiger partial charge in [-0.25, -0.2) is 0 Å². The third kappa shape index (κ3) is 4.92. The number of carbonyl (C=O) groups is 1. The Morgan fingerprint density at radius 3 is 2.72 bits per heavy atom. The van der Waals surface area contributed by atoms with Gasteiger partial charge in [-0.3, -0.25) is 9.59 Å². The highest BCUT2D eigenvalue weighted by Gasteiger charge is 2.19. The number of rotatable bonds is 8. The number of amides is 1. The monoisotopic (exact) mass is 395 g/mol. The summed E-state index contributed by atoms with van der Waals surface area (Å²) in [6.07, 6.45) is 5.85. The standard InChI is InChI=1S/C22H29N5O2/c1-14-10-15(12-24-2)19(22(29)26-14)13-25-21(28)17-8-5-9-20(18(17)11-23)27-16-6-3-4-7-16/h5,8-11,16,23-24,27H,3-4,6-7,12-13H2,1-2H3,(H,25,28)(H,26,29). The molecule has 0 spiro atoms. The summed E-state index contributed by atoms with van der Waals surface area (Å²) in [4.78, 5) is 28.0. The smallest absolute Gasteiger partial charge is 0.253 e. The molecule has 2 aromatic rings. The van der Waals surface area contributed by atoms with Crippen molar-refractivity contribution in [3.05, 3.63) is 62.6 Å². The second-order valence-corrected chi connectivity index (χ2v) is 7.54. The molecule has 0 atom stereocenters. The Hall–Kier alpha value is -2.93. The Kier molecular flexibility index (Phi) is 6.82. The molecular weight excluding hydrogens is 366 g/mol. The van der Waals surface area contributed by atoms with Crippen LogP contribution in [0.3, 0.4) is 0 Å². The summed E-state index contributed by atoms with van der Waals surface area (Å²) in [6, 6.07) is 7.75. The van der Waals surface area contributed by atoms with Gasteiger partial charge in [0.15, 0.2) is 0 Å². The first-order valence-electron chi connectivity index (χ1n) is 10.1. The number of hydrogen-bond acceptors (Lipinski definition) is 5. The van der Waals surface area contributed by atoms with E-state index in [9.17, 15) is 9.59 Å². The molecule has 1 saturated carbocycles. The van der Waals surface area contributed by atoms with Crippen LogP contribution in [0, 0.1) is 12.3 Å². The minimum Gasteiger partial charge on any atom is -0.382 e. The minimum atomic E-state index is -0.297. The number of carbonyl (C=O) groups excluding carboxylic acids is 1. The van der Waals surface area contributed by atoms with Crippen LogP contribution in [0.1, 0.15) is 58.4 Å². The second kappa shape index (κ2) is 9.52. The molecule has 1 aliphatic rings. The van der Waals surface area contributed by atoms with Gasteiger partial charge in [0.2, 0.25) is 0 Å². The summed E-state index contributed by atoms with van der Waals surface area (Å²) in [5.74, 6) is -0.297. The Balaban J connectivity index is 1.79. The van der Waals surface area contributed by atoms with E-state index in [2.05, 4.69) is 20.9 Å². The van der Waals surface area contributed by atoms with Crippen LogP contribution in [0.25, 0.3) is 0 Å². The highest BCUT2D eigenvalue weighted by molar-refractivity contribution is 6.04. The molecule has 29 heavy (non-hydrogen) atoms. The Morgan fingerprint density at radius 1 is 1.28 bits per heavy atom. The van der Waals surface area contributed by atoms with Crippen LogP contribution in [0.4, 0.5) is 5.69 Å². The molecule has 1 aliphatic carbocycles. The number of nitrogens with one attached hydrogen (secondary N) is 5. The van der Waals surface area contributed by atoms with E-state index in [0.29, 0.717) is 29.3 Å². The third-order valence-corrected chi connectivity index (χ3v) is 5.37. The Labute approximate surface area is 170 Å². The molecule has 0 unspecified atom stereocenters. The van der Waals surface area contributed by atoms with E-state index in [4.69, 9.17) is 5.41 Å². The lowest BCUT2D eigenvalue weighted by Gasteiger charge is -2.18. The predicted octanol–water partition coefficient (Wildman–Crippen LogP) is 2.68. The molecule has 5 N–H and O–H groups in total. The quantitative estimate of drug-likeness (QED) is 0.443. The zero-order chi connectivity index (χ0) is 20.8.